The first-order valence-corrected chi connectivity index (χ1v) is 11.1. The fraction of sp³-hybridized carbons (Fsp3) is 0.296. The summed E-state index contributed by atoms with van der Waals surface area (Å²) in [5.41, 5.74) is 6.79. The number of piperidine rings is 1. The van der Waals surface area contributed by atoms with Crippen molar-refractivity contribution >= 4 is 11.0 Å². The molecule has 2 aromatic carbocycles. The van der Waals surface area contributed by atoms with Crippen LogP contribution in [0.3, 0.4) is 0 Å². The van der Waals surface area contributed by atoms with E-state index >= 15 is 0 Å². The molecule has 164 valence electrons. The van der Waals surface area contributed by atoms with Gasteiger partial charge in [-0.15, -0.1) is 0 Å². The maximum absolute atomic E-state index is 5.49. The van der Waals surface area contributed by atoms with Crippen molar-refractivity contribution in [3.05, 3.63) is 66.5 Å². The van der Waals surface area contributed by atoms with Gasteiger partial charge >= 0.3 is 0 Å². The fourth-order valence-corrected chi connectivity index (χ4v) is 4.69. The van der Waals surface area contributed by atoms with Crippen molar-refractivity contribution < 1.29 is 9.47 Å². The summed E-state index contributed by atoms with van der Waals surface area (Å²) in [6, 6.07) is 17.3. The van der Waals surface area contributed by atoms with Crippen molar-refractivity contribution in [2.24, 2.45) is 0 Å². The van der Waals surface area contributed by atoms with E-state index in [1.165, 1.54) is 37.1 Å². The monoisotopic (exact) mass is 427 g/mol. The molecule has 3 heterocycles. The van der Waals surface area contributed by atoms with Crippen LogP contribution in [0.4, 0.5) is 0 Å². The van der Waals surface area contributed by atoms with Gasteiger partial charge in [0.05, 0.1) is 14.2 Å². The Morgan fingerprint density at radius 3 is 2.31 bits per heavy atom. The average Bonchev–Trinajstić information content (AvgIpc) is 3.27. The Hall–Kier alpha value is -3.31. The molecule has 0 amide bonds. The number of hydrogen-bond acceptors (Lipinski definition) is 4. The summed E-state index contributed by atoms with van der Waals surface area (Å²) < 4.78 is 10.9. The molecule has 0 atom stereocenters. The molecule has 5 nitrogen and oxygen atoms in total. The van der Waals surface area contributed by atoms with Crippen molar-refractivity contribution in [1.29, 1.82) is 0 Å². The Balaban J connectivity index is 1.46. The van der Waals surface area contributed by atoms with Crippen LogP contribution in [-0.4, -0.2) is 49.2 Å². The molecular formula is C27H29N3O2. The molecule has 4 aromatic rings. The molecule has 1 aliphatic heterocycles. The van der Waals surface area contributed by atoms with Crippen LogP contribution < -0.4 is 9.47 Å². The summed E-state index contributed by atoms with van der Waals surface area (Å²) in [6.45, 7) is 2.36. The number of likely N-dealkylation sites (tertiary alicyclic amines) is 1. The summed E-state index contributed by atoms with van der Waals surface area (Å²) in [5.74, 6) is 2.11. The Labute approximate surface area is 189 Å². The predicted octanol–water partition coefficient (Wildman–Crippen LogP) is 5.72. The first kappa shape index (κ1) is 20.6. The quantitative estimate of drug-likeness (QED) is 0.442. The van der Waals surface area contributed by atoms with Gasteiger partial charge in [0.15, 0.2) is 11.5 Å². The van der Waals surface area contributed by atoms with Crippen molar-refractivity contribution in [1.82, 2.24) is 14.9 Å². The highest BCUT2D eigenvalue weighted by molar-refractivity contribution is 5.96. The van der Waals surface area contributed by atoms with Gasteiger partial charge in [-0.1, -0.05) is 30.3 Å². The molecule has 32 heavy (non-hydrogen) atoms. The van der Waals surface area contributed by atoms with E-state index in [0.717, 1.165) is 33.5 Å². The van der Waals surface area contributed by atoms with Crippen LogP contribution in [0.2, 0.25) is 0 Å². The third kappa shape index (κ3) is 3.84. The highest BCUT2D eigenvalue weighted by Crippen LogP contribution is 2.36. The van der Waals surface area contributed by atoms with E-state index in [1.807, 2.05) is 30.6 Å². The van der Waals surface area contributed by atoms with E-state index in [0.29, 0.717) is 11.7 Å². The topological polar surface area (TPSA) is 50.4 Å². The maximum atomic E-state index is 5.49. The highest BCUT2D eigenvalue weighted by Gasteiger charge is 2.18. The highest BCUT2D eigenvalue weighted by atomic mass is 16.5. The van der Waals surface area contributed by atoms with Crippen LogP contribution in [-0.2, 0) is 0 Å². The minimum atomic E-state index is 0.669. The second kappa shape index (κ2) is 8.67. The van der Waals surface area contributed by atoms with Crippen LogP contribution in [0.25, 0.3) is 33.3 Å². The number of fused-ring (bicyclic) bond motifs is 1. The summed E-state index contributed by atoms with van der Waals surface area (Å²) in [6.07, 6.45) is 6.43. The lowest BCUT2D eigenvalue weighted by molar-refractivity contribution is 0.255. The Morgan fingerprint density at radius 2 is 1.59 bits per heavy atom. The minimum Gasteiger partial charge on any atom is -0.493 e. The van der Waals surface area contributed by atoms with Gasteiger partial charge in [0, 0.05) is 28.9 Å². The van der Waals surface area contributed by atoms with Crippen LogP contribution in [0.5, 0.6) is 11.5 Å². The number of methoxy groups -OCH3 is 2. The third-order valence-corrected chi connectivity index (χ3v) is 6.66. The lowest BCUT2D eigenvalue weighted by Crippen LogP contribution is -2.29. The summed E-state index contributed by atoms with van der Waals surface area (Å²) >= 11 is 0. The number of rotatable bonds is 5. The van der Waals surface area contributed by atoms with Gasteiger partial charge in [0.1, 0.15) is 5.65 Å². The SMILES string of the molecule is COc1ccc(-c2c[nH]c3ncc(-c4ccc(C5CCN(C)CC5)cc4)cc23)cc1OC. The number of aromatic amines is 1. The van der Waals surface area contributed by atoms with E-state index in [4.69, 9.17) is 9.47 Å². The molecule has 0 spiro atoms. The molecule has 0 radical (unpaired) electrons. The Morgan fingerprint density at radius 1 is 0.875 bits per heavy atom. The normalized spacial score (nSPS) is 15.2. The second-order valence-electron chi connectivity index (χ2n) is 8.59. The van der Waals surface area contributed by atoms with Gasteiger partial charge < -0.3 is 19.4 Å². The second-order valence-corrected chi connectivity index (χ2v) is 8.59. The zero-order valence-electron chi connectivity index (χ0n) is 18.9. The zero-order chi connectivity index (χ0) is 22.1. The van der Waals surface area contributed by atoms with Gasteiger partial charge in [-0.25, -0.2) is 4.98 Å². The minimum absolute atomic E-state index is 0.669. The Bertz CT molecular complexity index is 1220. The molecular weight excluding hydrogens is 398 g/mol. The van der Waals surface area contributed by atoms with E-state index in [1.54, 1.807) is 14.2 Å². The number of nitrogens with zero attached hydrogens (tertiary/aromatic N) is 2. The van der Waals surface area contributed by atoms with Crippen LogP contribution in [0, 0.1) is 0 Å². The van der Waals surface area contributed by atoms with Crippen LogP contribution in [0.1, 0.15) is 24.3 Å². The van der Waals surface area contributed by atoms with E-state index in [9.17, 15) is 0 Å². The summed E-state index contributed by atoms with van der Waals surface area (Å²) in [5, 5.41) is 1.09. The van der Waals surface area contributed by atoms with Gasteiger partial charge in [0.2, 0.25) is 0 Å². The van der Waals surface area contributed by atoms with Gasteiger partial charge in [0.25, 0.3) is 0 Å². The number of hydrogen-bond donors (Lipinski definition) is 1. The average molecular weight is 428 g/mol. The number of pyridine rings is 1. The number of benzene rings is 2. The summed E-state index contributed by atoms with van der Waals surface area (Å²) in [4.78, 5) is 10.4. The molecule has 0 unspecified atom stereocenters. The fourth-order valence-electron chi connectivity index (χ4n) is 4.69. The molecule has 1 N–H and O–H groups in total. The lowest BCUT2D eigenvalue weighted by atomic mass is 9.89. The number of H-pyrrole nitrogens is 1. The van der Waals surface area contributed by atoms with Crippen molar-refractivity contribution in [3.63, 3.8) is 0 Å². The van der Waals surface area contributed by atoms with Crippen molar-refractivity contribution in [2.75, 3.05) is 34.4 Å². The van der Waals surface area contributed by atoms with E-state index in [-0.39, 0.29) is 0 Å². The molecule has 0 bridgehead atoms. The molecule has 0 saturated carbocycles. The first-order valence-electron chi connectivity index (χ1n) is 11.1. The standard InChI is InChI=1S/C27H29N3O2/c1-30-12-10-20(11-13-30)18-4-6-19(7-5-18)22-14-23-24(17-29-27(23)28-16-22)21-8-9-25(31-2)26(15-21)32-3/h4-9,14-17,20H,10-13H2,1-3H3,(H,28,29). The smallest absolute Gasteiger partial charge is 0.161 e. The van der Waals surface area contributed by atoms with Crippen LogP contribution in [0.15, 0.2) is 60.9 Å². The van der Waals surface area contributed by atoms with Gasteiger partial charge in [-0.3, -0.25) is 0 Å². The summed E-state index contributed by atoms with van der Waals surface area (Å²) in [7, 11) is 5.52. The number of ether oxygens (including phenoxy) is 2. The largest absolute Gasteiger partial charge is 0.493 e. The molecule has 0 aliphatic carbocycles. The molecule has 5 heteroatoms. The van der Waals surface area contributed by atoms with Crippen molar-refractivity contribution in [2.45, 2.75) is 18.8 Å². The van der Waals surface area contributed by atoms with E-state index < -0.39 is 0 Å². The molecule has 2 aromatic heterocycles. The van der Waals surface area contributed by atoms with Crippen molar-refractivity contribution in [3.8, 4) is 33.8 Å². The molecule has 5 rings (SSSR count). The predicted molar refractivity (Wildman–Crippen MR) is 130 cm³/mol. The number of nitrogens with one attached hydrogen (secondary N) is 1. The number of aromatic nitrogens is 2. The van der Waals surface area contributed by atoms with Gasteiger partial charge in [-0.05, 0) is 73.8 Å². The molecule has 1 saturated heterocycles. The van der Waals surface area contributed by atoms with E-state index in [2.05, 4.69) is 52.2 Å². The lowest BCUT2D eigenvalue weighted by Gasteiger charge is -2.29. The zero-order valence-corrected chi connectivity index (χ0v) is 18.9. The maximum Gasteiger partial charge on any atom is 0.161 e. The molecule has 1 fully saturated rings. The Kier molecular flexibility index (Phi) is 5.58. The van der Waals surface area contributed by atoms with Crippen LogP contribution >= 0.6 is 0 Å². The molecule has 1 aliphatic rings. The van der Waals surface area contributed by atoms with Gasteiger partial charge in [-0.2, -0.15) is 0 Å². The first-order chi connectivity index (χ1) is 15.7. The third-order valence-electron chi connectivity index (χ3n) is 6.66.